The van der Waals surface area contributed by atoms with Gasteiger partial charge in [0, 0.05) is 0 Å². The fourth-order valence-corrected chi connectivity index (χ4v) is 2.59. The molecule has 0 amide bonds. The molecule has 0 radical (unpaired) electrons. The molecule has 0 aromatic rings. The highest BCUT2D eigenvalue weighted by Gasteiger charge is 2.23. The van der Waals surface area contributed by atoms with Crippen LogP contribution in [0.2, 0.25) is 0 Å². The summed E-state index contributed by atoms with van der Waals surface area (Å²) in [6.45, 7) is 14.9. The van der Waals surface area contributed by atoms with Gasteiger partial charge in [0.2, 0.25) is 0 Å². The number of quaternary nitrogens is 1. The van der Waals surface area contributed by atoms with E-state index in [0.717, 1.165) is 0 Å². The Kier molecular flexibility index (Phi) is 12.0. The molecule has 0 heterocycles. The average Bonchev–Trinajstić information content (AvgIpc) is 2.16. The Morgan fingerprint density at radius 1 is 0.600 bits per heavy atom. The number of unbranched alkanes of at least 4 members (excludes halogenated alkanes) is 1. The molecule has 0 aliphatic carbocycles. The van der Waals surface area contributed by atoms with Gasteiger partial charge in [0.15, 0.2) is 0 Å². The minimum atomic E-state index is 0. The first-order valence-electron chi connectivity index (χ1n) is 6.59. The standard InChI is InChI=1S/C13H30N.FH/c1-5-9-13-14(10-6-2,11-7-3)12-8-4;/h5-13H2,1-4H3;1H/q+1;/p-1. The molecule has 2 heteroatoms. The average molecular weight is 219 g/mol. The molecule has 1 nitrogen and oxygen atoms in total. The minimum absolute atomic E-state index is 0. The quantitative estimate of drug-likeness (QED) is 0.504. The molecule has 0 aliphatic heterocycles. The molecule has 0 spiro atoms. The summed E-state index contributed by atoms with van der Waals surface area (Å²) in [6, 6.07) is 0. The molecular formula is C13H30FN. The maximum absolute atomic E-state index is 2.32. The molecule has 94 valence electrons. The summed E-state index contributed by atoms with van der Waals surface area (Å²) in [5, 5.41) is 0. The van der Waals surface area contributed by atoms with Gasteiger partial charge in [-0.2, -0.15) is 0 Å². The Morgan fingerprint density at radius 3 is 1.27 bits per heavy atom. The number of hydrogen-bond acceptors (Lipinski definition) is 0. The van der Waals surface area contributed by atoms with E-state index in [1.54, 1.807) is 0 Å². The fourth-order valence-electron chi connectivity index (χ4n) is 2.59. The lowest BCUT2D eigenvalue weighted by molar-refractivity contribution is -0.928. The van der Waals surface area contributed by atoms with E-state index in [-0.39, 0.29) is 4.70 Å². The Labute approximate surface area is 95.8 Å². The van der Waals surface area contributed by atoms with E-state index in [1.165, 1.54) is 62.8 Å². The summed E-state index contributed by atoms with van der Waals surface area (Å²) in [7, 11) is 0. The summed E-state index contributed by atoms with van der Waals surface area (Å²) in [5.74, 6) is 0. The second-order valence-electron chi connectivity index (χ2n) is 4.59. The van der Waals surface area contributed by atoms with E-state index in [0.29, 0.717) is 0 Å². The second kappa shape index (κ2) is 10.4. The second-order valence-corrected chi connectivity index (χ2v) is 4.59. The lowest BCUT2D eigenvalue weighted by atomic mass is 10.2. The zero-order chi connectivity index (χ0) is 10.9. The molecule has 0 aliphatic rings. The largest absolute Gasteiger partial charge is 1.00 e. The SMILES string of the molecule is CCCC[N+](CCC)(CCC)CCC.[F-]. The van der Waals surface area contributed by atoms with E-state index in [9.17, 15) is 0 Å². The van der Waals surface area contributed by atoms with Crippen LogP contribution in [0.5, 0.6) is 0 Å². The molecule has 0 saturated heterocycles. The maximum Gasteiger partial charge on any atom is 0.0786 e. The Hall–Kier alpha value is -0.110. The Balaban J connectivity index is 0. The van der Waals surface area contributed by atoms with Gasteiger partial charge in [-0.25, -0.2) is 0 Å². The van der Waals surface area contributed by atoms with Crippen LogP contribution in [0.3, 0.4) is 0 Å². The van der Waals surface area contributed by atoms with Crippen LogP contribution in [0.1, 0.15) is 59.8 Å². The van der Waals surface area contributed by atoms with E-state index in [4.69, 9.17) is 0 Å². The zero-order valence-corrected chi connectivity index (χ0v) is 11.2. The van der Waals surface area contributed by atoms with Crippen LogP contribution in [0, 0.1) is 0 Å². The molecule has 15 heavy (non-hydrogen) atoms. The van der Waals surface area contributed by atoms with Crippen molar-refractivity contribution in [3.8, 4) is 0 Å². The molecule has 0 bridgehead atoms. The van der Waals surface area contributed by atoms with Gasteiger partial charge in [-0.15, -0.1) is 0 Å². The van der Waals surface area contributed by atoms with Gasteiger partial charge >= 0.3 is 0 Å². The van der Waals surface area contributed by atoms with Gasteiger partial charge in [0.1, 0.15) is 0 Å². The predicted molar refractivity (Wildman–Crippen MR) is 65.5 cm³/mol. The Morgan fingerprint density at radius 2 is 1.00 bits per heavy atom. The number of halogens is 1. The van der Waals surface area contributed by atoms with Crippen molar-refractivity contribution in [3.63, 3.8) is 0 Å². The molecule has 0 fully saturated rings. The van der Waals surface area contributed by atoms with Crippen molar-refractivity contribution in [2.24, 2.45) is 0 Å². The van der Waals surface area contributed by atoms with E-state index in [2.05, 4.69) is 27.7 Å². The molecule has 0 unspecified atom stereocenters. The monoisotopic (exact) mass is 219 g/mol. The Bertz CT molecular complexity index is 109. The van der Waals surface area contributed by atoms with Gasteiger partial charge < -0.3 is 9.19 Å². The van der Waals surface area contributed by atoms with Crippen molar-refractivity contribution in [2.75, 3.05) is 26.2 Å². The molecule has 0 N–H and O–H groups in total. The molecule has 0 rings (SSSR count). The first kappa shape index (κ1) is 17.3. The number of hydrogen-bond donors (Lipinski definition) is 0. The molecule has 0 atom stereocenters. The highest BCUT2D eigenvalue weighted by atomic mass is 19.0. The van der Waals surface area contributed by atoms with Crippen molar-refractivity contribution in [2.45, 2.75) is 59.8 Å². The lowest BCUT2D eigenvalue weighted by Crippen LogP contribution is -3.00. The van der Waals surface area contributed by atoms with Crippen LogP contribution in [0.4, 0.5) is 0 Å². The third kappa shape index (κ3) is 6.88. The van der Waals surface area contributed by atoms with Crippen molar-refractivity contribution >= 4 is 0 Å². The first-order chi connectivity index (χ1) is 6.74. The van der Waals surface area contributed by atoms with Crippen LogP contribution >= 0.6 is 0 Å². The summed E-state index contributed by atoms with van der Waals surface area (Å²) in [4.78, 5) is 0. The number of rotatable bonds is 9. The van der Waals surface area contributed by atoms with E-state index in [1.807, 2.05) is 0 Å². The highest BCUT2D eigenvalue weighted by Crippen LogP contribution is 2.13. The normalized spacial score (nSPS) is 11.2. The smallest absolute Gasteiger partial charge is 0.0786 e. The van der Waals surface area contributed by atoms with Crippen LogP contribution in [0.25, 0.3) is 0 Å². The fraction of sp³-hybridized carbons (Fsp3) is 1.00. The molecule has 0 aromatic heterocycles. The zero-order valence-electron chi connectivity index (χ0n) is 11.2. The highest BCUT2D eigenvalue weighted by molar-refractivity contribution is 4.45. The van der Waals surface area contributed by atoms with Crippen molar-refractivity contribution in [1.82, 2.24) is 0 Å². The predicted octanol–water partition coefficient (Wildman–Crippen LogP) is 0.837. The van der Waals surface area contributed by atoms with Gasteiger partial charge in [0.25, 0.3) is 0 Å². The van der Waals surface area contributed by atoms with Crippen LogP contribution in [-0.4, -0.2) is 30.7 Å². The first-order valence-corrected chi connectivity index (χ1v) is 6.59. The van der Waals surface area contributed by atoms with Gasteiger partial charge in [-0.05, 0) is 25.7 Å². The summed E-state index contributed by atoms with van der Waals surface area (Å²) >= 11 is 0. The van der Waals surface area contributed by atoms with E-state index >= 15 is 0 Å². The minimum Gasteiger partial charge on any atom is -1.00 e. The summed E-state index contributed by atoms with van der Waals surface area (Å²) in [5.41, 5.74) is 0. The third-order valence-corrected chi connectivity index (χ3v) is 3.08. The van der Waals surface area contributed by atoms with Crippen molar-refractivity contribution < 1.29 is 9.19 Å². The lowest BCUT2D eigenvalue weighted by Gasteiger charge is -2.38. The molecule has 0 saturated carbocycles. The van der Waals surface area contributed by atoms with Crippen LogP contribution in [-0.2, 0) is 0 Å². The third-order valence-electron chi connectivity index (χ3n) is 3.08. The maximum atomic E-state index is 2.32. The molecular weight excluding hydrogens is 189 g/mol. The van der Waals surface area contributed by atoms with Gasteiger partial charge in [-0.3, -0.25) is 0 Å². The number of nitrogens with zero attached hydrogens (tertiary/aromatic N) is 1. The van der Waals surface area contributed by atoms with E-state index < -0.39 is 0 Å². The topological polar surface area (TPSA) is 0 Å². The summed E-state index contributed by atoms with van der Waals surface area (Å²) < 4.78 is 1.39. The van der Waals surface area contributed by atoms with Crippen LogP contribution < -0.4 is 4.70 Å². The van der Waals surface area contributed by atoms with Crippen LogP contribution in [0.15, 0.2) is 0 Å². The van der Waals surface area contributed by atoms with Crippen molar-refractivity contribution in [3.05, 3.63) is 0 Å². The van der Waals surface area contributed by atoms with Gasteiger partial charge in [0.05, 0.1) is 26.2 Å². The van der Waals surface area contributed by atoms with Crippen molar-refractivity contribution in [1.29, 1.82) is 0 Å². The van der Waals surface area contributed by atoms with Gasteiger partial charge in [-0.1, -0.05) is 34.1 Å². The summed E-state index contributed by atoms with van der Waals surface area (Å²) in [6.07, 6.45) is 6.76. The molecule has 0 aromatic carbocycles.